The zero-order chi connectivity index (χ0) is 33.4. The monoisotopic (exact) mass is 629 g/mol. The highest BCUT2D eigenvalue weighted by Crippen LogP contribution is 2.49. The van der Waals surface area contributed by atoms with Crippen molar-refractivity contribution in [2.24, 2.45) is 0 Å². The van der Waals surface area contributed by atoms with Crippen LogP contribution in [0, 0.1) is 0 Å². The smallest absolute Gasteiger partial charge is 0.0412 e. The van der Waals surface area contributed by atoms with Crippen molar-refractivity contribution in [2.75, 3.05) is 11.4 Å². The molecule has 0 spiro atoms. The van der Waals surface area contributed by atoms with Gasteiger partial charge in [-0.05, 0) is 85.0 Å². The molecule has 1 nitrogen and oxygen atoms in total. The quantitative estimate of drug-likeness (QED) is 0.183. The number of allylic oxidation sites excluding steroid dienone is 5. The fraction of sp³-hybridized carbons (Fsp3) is 0.0833. The fourth-order valence-corrected chi connectivity index (χ4v) is 7.35. The fourth-order valence-electron chi connectivity index (χ4n) is 7.35. The number of rotatable bonds is 5. The molecule has 1 heteroatoms. The Bertz CT molecular complexity index is 2250. The predicted octanol–water partition coefficient (Wildman–Crippen LogP) is 12.4. The number of anilines is 1. The van der Waals surface area contributed by atoms with Gasteiger partial charge in [-0.15, -0.1) is 0 Å². The molecule has 0 radical (unpaired) electrons. The van der Waals surface area contributed by atoms with Crippen LogP contribution in [-0.4, -0.2) is 6.54 Å². The molecule has 6 aromatic rings. The molecule has 0 saturated heterocycles. The summed E-state index contributed by atoms with van der Waals surface area (Å²) in [5.41, 5.74) is 16.9. The SMILES string of the molecule is C=C1/C=C(c2ccc(-c3ccccc3)cc2)\C=C/CN(c2ccc3c(c2)C(C)(C)c2ccccc2-3)C=C1c1ccc(-c2ccccc2)cc1. The zero-order valence-electron chi connectivity index (χ0n) is 28.1. The maximum absolute atomic E-state index is 4.67. The maximum atomic E-state index is 4.67. The Morgan fingerprint density at radius 1 is 0.531 bits per heavy atom. The van der Waals surface area contributed by atoms with Crippen LogP contribution in [-0.2, 0) is 5.41 Å². The Hall–Kier alpha value is -5.92. The largest absolute Gasteiger partial charge is 0.344 e. The standard InChI is InChI=1S/C48H39N/c1-34-31-41(39-22-20-37(21-23-39)35-13-6-4-7-14-35)17-12-30-49(33-45(34)40-26-24-38(25-27-40)36-15-8-5-9-16-36)42-28-29-44-43-18-10-11-19-46(43)48(2,3)47(44)32-42/h4-29,31-33H,1,30H2,2-3H3/b17-12-,41-31+,45-33?. The molecule has 0 amide bonds. The van der Waals surface area contributed by atoms with E-state index in [2.05, 4.69) is 201 Å². The van der Waals surface area contributed by atoms with Crippen molar-refractivity contribution in [1.29, 1.82) is 0 Å². The topological polar surface area (TPSA) is 3.24 Å². The van der Waals surface area contributed by atoms with Gasteiger partial charge in [-0.25, -0.2) is 0 Å². The average molecular weight is 630 g/mol. The molecular weight excluding hydrogens is 591 g/mol. The van der Waals surface area contributed by atoms with Crippen LogP contribution in [0.5, 0.6) is 0 Å². The van der Waals surface area contributed by atoms with Crippen LogP contribution in [0.2, 0.25) is 0 Å². The van der Waals surface area contributed by atoms with Gasteiger partial charge in [0.2, 0.25) is 0 Å². The van der Waals surface area contributed by atoms with E-state index in [-0.39, 0.29) is 5.41 Å². The van der Waals surface area contributed by atoms with Gasteiger partial charge in [-0.2, -0.15) is 0 Å². The average Bonchev–Trinajstić information content (AvgIpc) is 3.43. The third-order valence-electron chi connectivity index (χ3n) is 10.1. The van der Waals surface area contributed by atoms with Gasteiger partial charge < -0.3 is 4.90 Å². The second-order valence-corrected chi connectivity index (χ2v) is 13.5. The first-order chi connectivity index (χ1) is 24.0. The van der Waals surface area contributed by atoms with E-state index in [1.807, 2.05) is 0 Å². The highest BCUT2D eigenvalue weighted by atomic mass is 15.1. The molecule has 1 heterocycles. The Kier molecular flexibility index (Phi) is 7.82. The van der Waals surface area contributed by atoms with Gasteiger partial charge in [0, 0.05) is 29.4 Å². The van der Waals surface area contributed by atoms with Crippen LogP contribution in [0.25, 0.3) is 44.5 Å². The normalized spacial score (nSPS) is 16.7. The molecule has 1 aliphatic carbocycles. The first-order valence-corrected chi connectivity index (χ1v) is 17.1. The number of hydrogen-bond acceptors (Lipinski definition) is 1. The molecule has 0 atom stereocenters. The molecule has 0 bridgehead atoms. The van der Waals surface area contributed by atoms with E-state index in [1.54, 1.807) is 0 Å². The Morgan fingerprint density at radius 3 is 1.71 bits per heavy atom. The molecule has 8 rings (SSSR count). The molecule has 0 aromatic heterocycles. The van der Waals surface area contributed by atoms with Gasteiger partial charge in [0.25, 0.3) is 0 Å². The van der Waals surface area contributed by atoms with Gasteiger partial charge in [-0.3, -0.25) is 0 Å². The number of nitrogens with zero attached hydrogens (tertiary/aromatic N) is 1. The summed E-state index contributed by atoms with van der Waals surface area (Å²) in [6, 6.07) is 54.7. The summed E-state index contributed by atoms with van der Waals surface area (Å²) in [6.07, 6.45) is 9.04. The lowest BCUT2D eigenvalue weighted by molar-refractivity contribution is 0.660. The van der Waals surface area contributed by atoms with E-state index in [0.29, 0.717) is 0 Å². The van der Waals surface area contributed by atoms with Crippen molar-refractivity contribution in [2.45, 2.75) is 19.3 Å². The lowest BCUT2D eigenvalue weighted by Crippen LogP contribution is -2.19. The molecular formula is C48H39N. The predicted molar refractivity (Wildman–Crippen MR) is 209 cm³/mol. The molecule has 49 heavy (non-hydrogen) atoms. The Labute approximate surface area is 290 Å². The van der Waals surface area contributed by atoms with Gasteiger partial charge in [0.05, 0.1) is 0 Å². The molecule has 2 aliphatic rings. The van der Waals surface area contributed by atoms with E-state index < -0.39 is 0 Å². The Morgan fingerprint density at radius 2 is 1.06 bits per heavy atom. The van der Waals surface area contributed by atoms with Crippen LogP contribution in [0.4, 0.5) is 5.69 Å². The van der Waals surface area contributed by atoms with Crippen LogP contribution in [0.3, 0.4) is 0 Å². The van der Waals surface area contributed by atoms with Gasteiger partial charge in [0.15, 0.2) is 0 Å². The first kappa shape index (κ1) is 30.4. The number of fused-ring (bicyclic) bond motifs is 3. The molecule has 6 aromatic carbocycles. The number of benzene rings is 6. The summed E-state index contributed by atoms with van der Waals surface area (Å²) in [5.74, 6) is 0. The van der Waals surface area contributed by atoms with Crippen LogP contribution in [0.1, 0.15) is 36.1 Å². The van der Waals surface area contributed by atoms with Gasteiger partial charge >= 0.3 is 0 Å². The van der Waals surface area contributed by atoms with E-state index in [4.69, 9.17) is 0 Å². The van der Waals surface area contributed by atoms with Crippen LogP contribution >= 0.6 is 0 Å². The van der Waals surface area contributed by atoms with E-state index in [0.717, 1.165) is 28.8 Å². The molecule has 0 fully saturated rings. The van der Waals surface area contributed by atoms with E-state index in [1.165, 1.54) is 55.8 Å². The minimum Gasteiger partial charge on any atom is -0.344 e. The van der Waals surface area contributed by atoms with Crippen molar-refractivity contribution < 1.29 is 0 Å². The van der Waals surface area contributed by atoms with Crippen molar-refractivity contribution in [3.8, 4) is 33.4 Å². The van der Waals surface area contributed by atoms with Gasteiger partial charge in [-0.1, -0.05) is 172 Å². The first-order valence-electron chi connectivity index (χ1n) is 17.1. The van der Waals surface area contributed by atoms with Crippen molar-refractivity contribution in [3.63, 3.8) is 0 Å². The highest BCUT2D eigenvalue weighted by molar-refractivity contribution is 5.90. The van der Waals surface area contributed by atoms with Crippen LogP contribution in [0.15, 0.2) is 188 Å². The number of hydrogen-bond donors (Lipinski definition) is 0. The van der Waals surface area contributed by atoms with Crippen molar-refractivity contribution in [3.05, 3.63) is 210 Å². The second kappa shape index (κ2) is 12.6. The second-order valence-electron chi connectivity index (χ2n) is 13.5. The third-order valence-corrected chi connectivity index (χ3v) is 10.1. The lowest BCUT2D eigenvalue weighted by atomic mass is 9.82. The minimum atomic E-state index is -0.0680. The summed E-state index contributed by atoms with van der Waals surface area (Å²) in [7, 11) is 0. The molecule has 0 N–H and O–H groups in total. The lowest BCUT2D eigenvalue weighted by Gasteiger charge is -2.25. The summed E-state index contributed by atoms with van der Waals surface area (Å²) in [4.78, 5) is 2.37. The van der Waals surface area contributed by atoms with Crippen molar-refractivity contribution >= 4 is 16.8 Å². The molecule has 236 valence electrons. The van der Waals surface area contributed by atoms with Gasteiger partial charge in [0.1, 0.15) is 0 Å². The van der Waals surface area contributed by atoms with Crippen LogP contribution < -0.4 is 4.90 Å². The van der Waals surface area contributed by atoms with Crippen molar-refractivity contribution in [1.82, 2.24) is 0 Å². The summed E-state index contributed by atoms with van der Waals surface area (Å²) in [5, 5.41) is 0. The summed E-state index contributed by atoms with van der Waals surface area (Å²) < 4.78 is 0. The zero-order valence-corrected chi connectivity index (χ0v) is 28.1. The summed E-state index contributed by atoms with van der Waals surface area (Å²) >= 11 is 0. The molecule has 0 saturated carbocycles. The minimum absolute atomic E-state index is 0.0680. The van der Waals surface area contributed by atoms with E-state index in [9.17, 15) is 0 Å². The highest BCUT2D eigenvalue weighted by Gasteiger charge is 2.35. The van der Waals surface area contributed by atoms with E-state index >= 15 is 0 Å². The summed E-state index contributed by atoms with van der Waals surface area (Å²) in [6.45, 7) is 10.1. The third kappa shape index (κ3) is 5.79. The Balaban J connectivity index is 1.20. The maximum Gasteiger partial charge on any atom is 0.0412 e. The molecule has 1 aliphatic heterocycles. The molecule has 0 unspecified atom stereocenters.